The van der Waals surface area contributed by atoms with Crippen LogP contribution in [0.1, 0.15) is 0 Å². The molecular weight excluding hydrogens is 181 g/mol. The molecule has 0 radical (unpaired) electrons. The first-order chi connectivity index (χ1) is 5.08. The molecule has 0 bridgehead atoms. The molecule has 6 heteroatoms. The SMILES string of the molecule is NP(N)(=O)Sc1cccnc1. The van der Waals surface area contributed by atoms with E-state index in [-0.39, 0.29) is 0 Å². The minimum Gasteiger partial charge on any atom is -0.277 e. The van der Waals surface area contributed by atoms with E-state index < -0.39 is 6.65 Å². The third-order valence-electron chi connectivity index (χ3n) is 0.882. The average molecular weight is 189 g/mol. The van der Waals surface area contributed by atoms with Gasteiger partial charge in [-0.05, 0) is 23.5 Å². The highest BCUT2D eigenvalue weighted by Gasteiger charge is 2.09. The second-order valence-electron chi connectivity index (χ2n) is 1.93. The maximum Gasteiger partial charge on any atom is 0.265 e. The third kappa shape index (κ3) is 3.53. The predicted molar refractivity (Wildman–Crippen MR) is 46.1 cm³/mol. The number of pyridine rings is 1. The van der Waals surface area contributed by atoms with E-state index in [9.17, 15) is 4.57 Å². The van der Waals surface area contributed by atoms with Crippen LogP contribution in [0.2, 0.25) is 0 Å². The van der Waals surface area contributed by atoms with Gasteiger partial charge in [-0.15, -0.1) is 0 Å². The van der Waals surface area contributed by atoms with Crippen LogP contribution >= 0.6 is 18.0 Å². The van der Waals surface area contributed by atoms with Crippen molar-refractivity contribution >= 4 is 18.0 Å². The van der Waals surface area contributed by atoms with Crippen molar-refractivity contribution < 1.29 is 4.57 Å². The minimum absolute atomic E-state index is 0.723. The molecule has 0 saturated carbocycles. The standard InChI is InChI=1S/C5H8N3OPS/c6-10(7,9)11-5-2-1-3-8-4-5/h1-4H,(H4,6,7,9). The van der Waals surface area contributed by atoms with Gasteiger partial charge >= 0.3 is 0 Å². The molecule has 1 heterocycles. The zero-order valence-electron chi connectivity index (χ0n) is 5.68. The van der Waals surface area contributed by atoms with Crippen LogP contribution in [0.4, 0.5) is 0 Å². The highest BCUT2D eigenvalue weighted by Crippen LogP contribution is 2.47. The lowest BCUT2D eigenvalue weighted by atomic mass is 10.5. The van der Waals surface area contributed by atoms with Gasteiger partial charge in [0.2, 0.25) is 0 Å². The van der Waals surface area contributed by atoms with Gasteiger partial charge < -0.3 is 0 Å². The smallest absolute Gasteiger partial charge is 0.265 e. The molecule has 0 amide bonds. The quantitative estimate of drug-likeness (QED) is 0.683. The van der Waals surface area contributed by atoms with E-state index in [1.165, 1.54) is 0 Å². The maximum atomic E-state index is 10.9. The van der Waals surface area contributed by atoms with Gasteiger partial charge in [0.1, 0.15) is 0 Å². The summed E-state index contributed by atoms with van der Waals surface area (Å²) in [4.78, 5) is 4.54. The maximum absolute atomic E-state index is 10.9. The number of nitrogens with two attached hydrogens (primary N) is 2. The molecule has 0 unspecified atom stereocenters. The van der Waals surface area contributed by atoms with E-state index in [2.05, 4.69) is 4.98 Å². The first kappa shape index (κ1) is 8.74. The first-order valence-electron chi connectivity index (χ1n) is 2.85. The van der Waals surface area contributed by atoms with Crippen LogP contribution in [-0.2, 0) is 4.57 Å². The second kappa shape index (κ2) is 3.36. The Labute approximate surface area is 68.6 Å². The Morgan fingerprint density at radius 2 is 2.27 bits per heavy atom. The molecule has 0 saturated heterocycles. The Balaban J connectivity index is 2.74. The Morgan fingerprint density at radius 1 is 1.55 bits per heavy atom. The summed E-state index contributed by atoms with van der Waals surface area (Å²) in [5.41, 5.74) is 10.3. The Kier molecular flexibility index (Phi) is 2.67. The molecule has 0 aliphatic rings. The normalized spacial score (nSPS) is 11.5. The van der Waals surface area contributed by atoms with Gasteiger partial charge in [-0.2, -0.15) is 0 Å². The van der Waals surface area contributed by atoms with Gasteiger partial charge in [0, 0.05) is 17.3 Å². The highest BCUT2D eigenvalue weighted by molar-refractivity contribution is 8.56. The van der Waals surface area contributed by atoms with Crippen LogP contribution < -0.4 is 11.0 Å². The second-order valence-corrected chi connectivity index (χ2v) is 6.13. The lowest BCUT2D eigenvalue weighted by Crippen LogP contribution is -1.99. The molecule has 0 fully saturated rings. The van der Waals surface area contributed by atoms with Crippen molar-refractivity contribution in [3.63, 3.8) is 0 Å². The molecule has 11 heavy (non-hydrogen) atoms. The van der Waals surface area contributed by atoms with Crippen LogP contribution in [-0.4, -0.2) is 4.98 Å². The van der Waals surface area contributed by atoms with E-state index in [0.717, 1.165) is 16.3 Å². The first-order valence-corrected chi connectivity index (χ1v) is 6.11. The van der Waals surface area contributed by atoms with Gasteiger partial charge in [-0.1, -0.05) is 0 Å². The lowest BCUT2D eigenvalue weighted by Gasteiger charge is -2.03. The molecule has 1 rings (SSSR count). The van der Waals surface area contributed by atoms with Crippen LogP contribution in [0, 0.1) is 0 Å². The number of nitrogens with zero attached hydrogens (tertiary/aromatic N) is 1. The minimum atomic E-state index is -3.01. The van der Waals surface area contributed by atoms with Crippen LogP contribution in [0.15, 0.2) is 29.4 Å². The highest BCUT2D eigenvalue weighted by atomic mass is 32.7. The Morgan fingerprint density at radius 3 is 2.73 bits per heavy atom. The molecule has 0 atom stereocenters. The molecule has 4 nitrogen and oxygen atoms in total. The summed E-state index contributed by atoms with van der Waals surface area (Å²) in [5, 5.41) is 0. The summed E-state index contributed by atoms with van der Waals surface area (Å²) < 4.78 is 10.9. The summed E-state index contributed by atoms with van der Waals surface area (Å²) in [5.74, 6) is 0. The summed E-state index contributed by atoms with van der Waals surface area (Å²) in [6, 6.07) is 3.49. The largest absolute Gasteiger partial charge is 0.277 e. The summed E-state index contributed by atoms with van der Waals surface area (Å²) in [6.07, 6.45) is 3.19. The van der Waals surface area contributed by atoms with E-state index in [1.54, 1.807) is 24.5 Å². The third-order valence-corrected chi connectivity index (χ3v) is 3.11. The van der Waals surface area contributed by atoms with Gasteiger partial charge in [-0.3, -0.25) is 20.6 Å². The topological polar surface area (TPSA) is 82.0 Å². The molecule has 60 valence electrons. The fourth-order valence-corrected chi connectivity index (χ4v) is 2.46. The van der Waals surface area contributed by atoms with Crippen molar-refractivity contribution in [3.8, 4) is 0 Å². The van der Waals surface area contributed by atoms with Crippen molar-refractivity contribution in [2.24, 2.45) is 11.0 Å². The number of aromatic nitrogens is 1. The number of hydrogen-bond donors (Lipinski definition) is 2. The van der Waals surface area contributed by atoms with E-state index >= 15 is 0 Å². The lowest BCUT2D eigenvalue weighted by molar-refractivity contribution is 0.587. The molecule has 0 aromatic carbocycles. The summed E-state index contributed by atoms with van der Waals surface area (Å²) >= 11 is 0.949. The fraction of sp³-hybridized carbons (Fsp3) is 0. The zero-order chi connectivity index (χ0) is 8.32. The van der Waals surface area contributed by atoms with Gasteiger partial charge in [-0.25, -0.2) is 0 Å². The van der Waals surface area contributed by atoms with Crippen molar-refractivity contribution in [1.29, 1.82) is 0 Å². The van der Waals surface area contributed by atoms with Crippen LogP contribution in [0.5, 0.6) is 0 Å². The van der Waals surface area contributed by atoms with Crippen molar-refractivity contribution in [2.45, 2.75) is 4.90 Å². The number of hydrogen-bond acceptors (Lipinski definition) is 3. The molecule has 0 aliphatic carbocycles. The average Bonchev–Trinajstić information content (AvgIpc) is 1.85. The van der Waals surface area contributed by atoms with E-state index in [0.29, 0.717) is 0 Å². The van der Waals surface area contributed by atoms with Crippen molar-refractivity contribution in [3.05, 3.63) is 24.5 Å². The van der Waals surface area contributed by atoms with Crippen molar-refractivity contribution in [1.82, 2.24) is 4.98 Å². The molecule has 0 spiro atoms. The molecule has 1 aromatic heterocycles. The van der Waals surface area contributed by atoms with Gasteiger partial charge in [0.25, 0.3) is 6.65 Å². The Hall–Kier alpha value is -0.350. The number of rotatable bonds is 2. The predicted octanol–water partition coefficient (Wildman–Crippen LogP) is 1.20. The monoisotopic (exact) mass is 189 g/mol. The summed E-state index contributed by atoms with van der Waals surface area (Å²) in [7, 11) is 0. The van der Waals surface area contributed by atoms with E-state index in [4.69, 9.17) is 11.0 Å². The van der Waals surface area contributed by atoms with Crippen LogP contribution in [0.3, 0.4) is 0 Å². The molecule has 0 aliphatic heterocycles. The molecule has 4 N–H and O–H groups in total. The Bertz CT molecular complexity index is 272. The van der Waals surface area contributed by atoms with Gasteiger partial charge in [0.05, 0.1) is 0 Å². The molecular formula is C5H8N3OPS. The summed E-state index contributed by atoms with van der Waals surface area (Å²) in [6.45, 7) is -3.01. The molecule has 1 aromatic rings. The van der Waals surface area contributed by atoms with Gasteiger partial charge in [0.15, 0.2) is 0 Å². The zero-order valence-corrected chi connectivity index (χ0v) is 7.39. The van der Waals surface area contributed by atoms with Crippen LogP contribution in [0.25, 0.3) is 0 Å². The fourth-order valence-electron chi connectivity index (χ4n) is 0.566. The van der Waals surface area contributed by atoms with Crippen molar-refractivity contribution in [2.75, 3.05) is 0 Å². The van der Waals surface area contributed by atoms with E-state index in [1.807, 2.05) is 0 Å².